The molecule has 3 aromatic rings. The van der Waals surface area contributed by atoms with Crippen LogP contribution in [-0.4, -0.2) is 27.0 Å². The third-order valence-electron chi connectivity index (χ3n) is 6.13. The summed E-state index contributed by atoms with van der Waals surface area (Å²) in [5.41, 5.74) is 0.866. The average molecular weight is 482 g/mol. The lowest BCUT2D eigenvalue weighted by Crippen LogP contribution is -2.45. The van der Waals surface area contributed by atoms with Crippen LogP contribution in [0.25, 0.3) is 10.8 Å². The number of benzene rings is 3. The highest BCUT2D eigenvalue weighted by Gasteiger charge is 2.32. The van der Waals surface area contributed by atoms with Crippen LogP contribution in [-0.2, 0) is 19.6 Å². The quantitative estimate of drug-likeness (QED) is 0.233. The van der Waals surface area contributed by atoms with Gasteiger partial charge in [0.1, 0.15) is 6.04 Å². The van der Waals surface area contributed by atoms with E-state index in [4.69, 9.17) is 4.74 Å². The summed E-state index contributed by atoms with van der Waals surface area (Å²) < 4.78 is 34.7. The van der Waals surface area contributed by atoms with Crippen molar-refractivity contribution < 1.29 is 17.9 Å². The molecule has 182 valence electrons. The third-order valence-corrected chi connectivity index (χ3v) is 7.57. The van der Waals surface area contributed by atoms with Gasteiger partial charge in [-0.05, 0) is 34.9 Å². The average Bonchev–Trinajstić information content (AvgIpc) is 2.86. The molecule has 34 heavy (non-hydrogen) atoms. The van der Waals surface area contributed by atoms with Crippen LogP contribution in [0.3, 0.4) is 0 Å². The summed E-state index contributed by atoms with van der Waals surface area (Å²) in [5.74, 6) is -0.942. The number of ether oxygens (including phenoxy) is 1. The van der Waals surface area contributed by atoms with Crippen LogP contribution in [0.2, 0.25) is 0 Å². The smallest absolute Gasteiger partial charge is 0.324 e. The summed E-state index contributed by atoms with van der Waals surface area (Å²) in [4.78, 5) is 13.2. The van der Waals surface area contributed by atoms with Gasteiger partial charge in [0.05, 0.1) is 11.5 Å². The van der Waals surface area contributed by atoms with Crippen molar-refractivity contribution in [3.63, 3.8) is 0 Å². The predicted octanol–water partition coefficient (Wildman–Crippen LogP) is 6.19. The summed E-state index contributed by atoms with van der Waals surface area (Å²) in [6.45, 7) is 4.31. The summed E-state index contributed by atoms with van der Waals surface area (Å²) in [5, 5.41) is 1.78. The molecule has 0 saturated heterocycles. The summed E-state index contributed by atoms with van der Waals surface area (Å²) in [6.07, 6.45) is 6.47. The standard InChI is InChI=1S/C28H35NO4S/c1-3-4-5-6-7-13-20-33-28(30)27(22(2)23-14-9-8-10-15-23)29-34(31,32)26-19-18-24-16-11-12-17-25(24)21-26/h8-12,14-19,21-22,27,29H,3-7,13,20H2,1-2H3/t22-,27+/m0/s1. The van der Waals surface area contributed by atoms with Crippen LogP contribution in [0.5, 0.6) is 0 Å². The van der Waals surface area contributed by atoms with Gasteiger partial charge >= 0.3 is 5.97 Å². The van der Waals surface area contributed by atoms with E-state index in [1.807, 2.05) is 61.5 Å². The lowest BCUT2D eigenvalue weighted by molar-refractivity contribution is -0.146. The summed E-state index contributed by atoms with van der Waals surface area (Å²) in [7, 11) is -3.95. The fourth-order valence-electron chi connectivity index (χ4n) is 4.02. The van der Waals surface area contributed by atoms with E-state index in [1.54, 1.807) is 18.2 Å². The van der Waals surface area contributed by atoms with E-state index < -0.39 is 28.0 Å². The largest absolute Gasteiger partial charge is 0.464 e. The Kier molecular flexibility index (Phi) is 9.66. The first-order valence-electron chi connectivity index (χ1n) is 12.1. The molecule has 0 bridgehead atoms. The molecule has 0 aromatic heterocycles. The van der Waals surface area contributed by atoms with E-state index in [-0.39, 0.29) is 4.90 Å². The molecule has 0 unspecified atom stereocenters. The molecular weight excluding hydrogens is 446 g/mol. The molecule has 3 rings (SSSR count). The molecule has 0 spiro atoms. The van der Waals surface area contributed by atoms with Gasteiger partial charge in [-0.15, -0.1) is 0 Å². The first kappa shape index (κ1) is 25.9. The number of esters is 1. The van der Waals surface area contributed by atoms with Gasteiger partial charge in [0, 0.05) is 5.92 Å². The maximum Gasteiger partial charge on any atom is 0.324 e. The highest BCUT2D eigenvalue weighted by Crippen LogP contribution is 2.24. The van der Waals surface area contributed by atoms with Crippen molar-refractivity contribution in [2.75, 3.05) is 6.61 Å². The summed E-state index contributed by atoms with van der Waals surface area (Å²) >= 11 is 0. The first-order valence-corrected chi connectivity index (χ1v) is 13.6. The van der Waals surface area contributed by atoms with Crippen LogP contribution < -0.4 is 4.72 Å². The van der Waals surface area contributed by atoms with Crippen LogP contribution in [0.15, 0.2) is 77.7 Å². The van der Waals surface area contributed by atoms with Crippen molar-refractivity contribution in [3.05, 3.63) is 78.4 Å². The highest BCUT2D eigenvalue weighted by molar-refractivity contribution is 7.89. The molecule has 0 aliphatic rings. The number of fused-ring (bicyclic) bond motifs is 1. The van der Waals surface area contributed by atoms with Crippen LogP contribution in [0, 0.1) is 0 Å². The fourth-order valence-corrected chi connectivity index (χ4v) is 5.32. The lowest BCUT2D eigenvalue weighted by atomic mass is 9.94. The molecule has 3 aromatic carbocycles. The van der Waals surface area contributed by atoms with Crippen molar-refractivity contribution in [1.82, 2.24) is 4.72 Å². The van der Waals surface area contributed by atoms with E-state index in [2.05, 4.69) is 11.6 Å². The number of sulfonamides is 1. The second-order valence-corrected chi connectivity index (χ2v) is 10.5. The Morgan fingerprint density at radius 3 is 2.24 bits per heavy atom. The Morgan fingerprint density at radius 1 is 0.853 bits per heavy atom. The minimum absolute atomic E-state index is 0.125. The predicted molar refractivity (Wildman–Crippen MR) is 137 cm³/mol. The Labute approximate surface area is 203 Å². The molecule has 0 aliphatic carbocycles. The van der Waals surface area contributed by atoms with Gasteiger partial charge in [0.25, 0.3) is 0 Å². The van der Waals surface area contributed by atoms with E-state index in [9.17, 15) is 13.2 Å². The van der Waals surface area contributed by atoms with E-state index in [0.717, 1.165) is 35.6 Å². The molecule has 0 amide bonds. The second-order valence-electron chi connectivity index (χ2n) is 8.74. The monoisotopic (exact) mass is 481 g/mol. The Balaban J connectivity index is 1.75. The molecule has 0 aliphatic heterocycles. The van der Waals surface area contributed by atoms with E-state index >= 15 is 0 Å². The van der Waals surface area contributed by atoms with Gasteiger partial charge in [0.2, 0.25) is 10.0 Å². The molecule has 0 fully saturated rings. The van der Waals surface area contributed by atoms with Crippen LogP contribution >= 0.6 is 0 Å². The van der Waals surface area contributed by atoms with Crippen LogP contribution in [0.4, 0.5) is 0 Å². The molecule has 0 radical (unpaired) electrons. The highest BCUT2D eigenvalue weighted by atomic mass is 32.2. The maximum atomic E-state index is 13.3. The van der Waals surface area contributed by atoms with Crippen molar-refractivity contribution in [3.8, 4) is 0 Å². The maximum absolute atomic E-state index is 13.3. The molecule has 0 heterocycles. The van der Waals surface area contributed by atoms with Crippen LogP contribution in [0.1, 0.15) is 63.9 Å². The van der Waals surface area contributed by atoms with E-state index in [1.165, 1.54) is 19.3 Å². The molecule has 0 saturated carbocycles. The number of hydrogen-bond donors (Lipinski definition) is 1. The first-order chi connectivity index (χ1) is 16.4. The zero-order valence-electron chi connectivity index (χ0n) is 20.1. The number of unbranched alkanes of at least 4 members (excludes halogenated alkanes) is 5. The Morgan fingerprint density at radius 2 is 1.50 bits per heavy atom. The molecule has 1 N–H and O–H groups in total. The molecule has 5 nitrogen and oxygen atoms in total. The van der Waals surface area contributed by atoms with Gasteiger partial charge in [-0.3, -0.25) is 4.79 Å². The minimum atomic E-state index is -3.95. The van der Waals surface area contributed by atoms with Gasteiger partial charge in [0.15, 0.2) is 0 Å². The van der Waals surface area contributed by atoms with Crippen molar-refractivity contribution in [2.45, 2.75) is 69.2 Å². The second kappa shape index (κ2) is 12.7. The van der Waals surface area contributed by atoms with E-state index in [0.29, 0.717) is 6.61 Å². The number of hydrogen-bond acceptors (Lipinski definition) is 4. The SMILES string of the molecule is CCCCCCCCOC(=O)[C@H](NS(=O)(=O)c1ccc2ccccc2c1)[C@@H](C)c1ccccc1. The molecule has 2 atom stereocenters. The number of carbonyl (C=O) groups is 1. The van der Waals surface area contributed by atoms with Crippen molar-refractivity contribution in [1.29, 1.82) is 0 Å². The third kappa shape index (κ3) is 7.15. The number of carbonyl (C=O) groups excluding carboxylic acids is 1. The number of rotatable bonds is 13. The van der Waals surface area contributed by atoms with Crippen molar-refractivity contribution >= 4 is 26.8 Å². The zero-order valence-corrected chi connectivity index (χ0v) is 20.9. The molecule has 6 heteroatoms. The molecular formula is C28H35NO4S. The summed E-state index contributed by atoms with van der Waals surface area (Å²) in [6, 6.07) is 20.9. The number of nitrogens with one attached hydrogen (secondary N) is 1. The topological polar surface area (TPSA) is 72.5 Å². The van der Waals surface area contributed by atoms with Gasteiger partial charge in [-0.2, -0.15) is 4.72 Å². The van der Waals surface area contributed by atoms with Gasteiger partial charge in [-0.25, -0.2) is 8.42 Å². The Bertz CT molecular complexity index is 1160. The zero-order chi connectivity index (χ0) is 24.4. The van der Waals surface area contributed by atoms with Gasteiger partial charge in [-0.1, -0.05) is 107 Å². The van der Waals surface area contributed by atoms with Gasteiger partial charge < -0.3 is 4.74 Å². The fraction of sp³-hybridized carbons (Fsp3) is 0.393. The van der Waals surface area contributed by atoms with Crippen molar-refractivity contribution in [2.24, 2.45) is 0 Å². The lowest BCUT2D eigenvalue weighted by Gasteiger charge is -2.24. The Hall–Kier alpha value is -2.70. The minimum Gasteiger partial charge on any atom is -0.464 e. The normalized spacial score (nSPS) is 13.5.